The summed E-state index contributed by atoms with van der Waals surface area (Å²) in [6, 6.07) is 8.67. The lowest BCUT2D eigenvalue weighted by Gasteiger charge is -2.23. The predicted octanol–water partition coefficient (Wildman–Crippen LogP) is 2.88. The van der Waals surface area contributed by atoms with Crippen LogP contribution >= 0.6 is 0 Å². The largest absolute Gasteiger partial charge is 0.481 e. The van der Waals surface area contributed by atoms with Gasteiger partial charge in [-0.3, -0.25) is 9.59 Å². The SMILES string of the molecule is CC(C)(C)OC(=O)NC(Cc1ccccc1)C(=O)NCCCCCC(=O)O. The molecule has 0 aliphatic rings. The molecule has 1 aromatic carbocycles. The molecule has 7 heteroatoms. The Morgan fingerprint density at radius 3 is 2.33 bits per heavy atom. The molecule has 0 aliphatic carbocycles. The van der Waals surface area contributed by atoms with Gasteiger partial charge in [-0.25, -0.2) is 4.79 Å². The van der Waals surface area contributed by atoms with Gasteiger partial charge >= 0.3 is 12.1 Å². The molecule has 27 heavy (non-hydrogen) atoms. The molecule has 1 aromatic rings. The molecule has 0 bridgehead atoms. The first kappa shape index (κ1) is 22.5. The second kappa shape index (κ2) is 11.2. The summed E-state index contributed by atoms with van der Waals surface area (Å²) in [5.74, 6) is -1.11. The van der Waals surface area contributed by atoms with Gasteiger partial charge in [0, 0.05) is 19.4 Å². The molecule has 3 N–H and O–H groups in total. The molecule has 150 valence electrons. The van der Waals surface area contributed by atoms with E-state index in [1.54, 1.807) is 20.8 Å². The van der Waals surface area contributed by atoms with E-state index in [9.17, 15) is 14.4 Å². The number of benzene rings is 1. The first-order valence-electron chi connectivity index (χ1n) is 9.20. The first-order valence-corrected chi connectivity index (χ1v) is 9.20. The van der Waals surface area contributed by atoms with Crippen LogP contribution in [-0.4, -0.2) is 41.3 Å². The van der Waals surface area contributed by atoms with Crippen LogP contribution in [0.4, 0.5) is 4.79 Å². The normalized spacial score (nSPS) is 12.1. The number of carboxylic acids is 1. The maximum absolute atomic E-state index is 12.5. The summed E-state index contributed by atoms with van der Waals surface area (Å²) < 4.78 is 5.25. The lowest BCUT2D eigenvalue weighted by Crippen LogP contribution is -2.49. The zero-order valence-electron chi connectivity index (χ0n) is 16.3. The van der Waals surface area contributed by atoms with Crippen LogP contribution in [0.1, 0.15) is 52.0 Å². The van der Waals surface area contributed by atoms with Crippen molar-refractivity contribution >= 4 is 18.0 Å². The molecular weight excluding hydrogens is 348 g/mol. The second-order valence-corrected chi connectivity index (χ2v) is 7.38. The zero-order valence-corrected chi connectivity index (χ0v) is 16.3. The number of ether oxygens (including phenoxy) is 1. The van der Waals surface area contributed by atoms with Crippen LogP contribution < -0.4 is 10.6 Å². The Morgan fingerprint density at radius 1 is 1.07 bits per heavy atom. The molecule has 0 aliphatic heterocycles. The van der Waals surface area contributed by atoms with Crippen molar-refractivity contribution in [2.45, 2.75) is 64.5 Å². The number of alkyl carbamates (subject to hydrolysis) is 1. The first-order chi connectivity index (χ1) is 12.7. The van der Waals surface area contributed by atoms with Crippen LogP contribution in [0.5, 0.6) is 0 Å². The fourth-order valence-electron chi connectivity index (χ4n) is 2.42. The summed E-state index contributed by atoms with van der Waals surface area (Å²) in [6.45, 7) is 5.71. The van der Waals surface area contributed by atoms with Crippen molar-refractivity contribution in [2.75, 3.05) is 6.54 Å². The third-order valence-electron chi connectivity index (χ3n) is 3.66. The highest BCUT2D eigenvalue weighted by molar-refractivity contribution is 5.86. The van der Waals surface area contributed by atoms with E-state index in [0.29, 0.717) is 25.8 Å². The lowest BCUT2D eigenvalue weighted by atomic mass is 10.1. The van der Waals surface area contributed by atoms with E-state index in [0.717, 1.165) is 12.0 Å². The van der Waals surface area contributed by atoms with Crippen molar-refractivity contribution in [3.63, 3.8) is 0 Å². The monoisotopic (exact) mass is 378 g/mol. The number of carbonyl (C=O) groups is 3. The topological polar surface area (TPSA) is 105 Å². The summed E-state index contributed by atoms with van der Waals surface area (Å²) in [7, 11) is 0. The van der Waals surface area contributed by atoms with E-state index in [1.807, 2.05) is 30.3 Å². The molecule has 0 radical (unpaired) electrons. The van der Waals surface area contributed by atoms with Gasteiger partial charge in [0.25, 0.3) is 0 Å². The van der Waals surface area contributed by atoms with E-state index in [-0.39, 0.29) is 12.3 Å². The van der Waals surface area contributed by atoms with Crippen LogP contribution in [0.15, 0.2) is 30.3 Å². The molecule has 0 spiro atoms. The number of aliphatic carboxylic acids is 1. The number of rotatable bonds is 10. The number of nitrogens with one attached hydrogen (secondary N) is 2. The number of carboxylic acid groups (broad SMARTS) is 1. The molecule has 0 fully saturated rings. The summed E-state index contributed by atoms with van der Waals surface area (Å²) in [5.41, 5.74) is 0.275. The standard InChI is InChI=1S/C20H30N2O5/c1-20(2,3)27-19(26)22-16(14-15-10-6-4-7-11-15)18(25)21-13-9-5-8-12-17(23)24/h4,6-7,10-11,16H,5,8-9,12-14H2,1-3H3,(H,21,25)(H,22,26)(H,23,24). The van der Waals surface area contributed by atoms with Crippen LogP contribution in [-0.2, 0) is 20.7 Å². The molecule has 1 rings (SSSR count). The maximum Gasteiger partial charge on any atom is 0.408 e. The highest BCUT2D eigenvalue weighted by atomic mass is 16.6. The van der Waals surface area contributed by atoms with Crippen molar-refractivity contribution in [3.8, 4) is 0 Å². The van der Waals surface area contributed by atoms with Crippen molar-refractivity contribution in [1.82, 2.24) is 10.6 Å². The number of amides is 2. The molecule has 0 aromatic heterocycles. The van der Waals surface area contributed by atoms with Crippen LogP contribution in [0.2, 0.25) is 0 Å². The number of hydrogen-bond acceptors (Lipinski definition) is 4. The van der Waals surface area contributed by atoms with E-state index >= 15 is 0 Å². The Morgan fingerprint density at radius 2 is 1.74 bits per heavy atom. The molecule has 0 saturated carbocycles. The Balaban J connectivity index is 2.57. The maximum atomic E-state index is 12.5. The summed E-state index contributed by atoms with van der Waals surface area (Å²) >= 11 is 0. The number of unbranched alkanes of at least 4 members (excludes halogenated alkanes) is 2. The summed E-state index contributed by atoms with van der Waals surface area (Å²) in [5, 5.41) is 14.1. The molecule has 1 unspecified atom stereocenters. The van der Waals surface area contributed by atoms with Crippen molar-refractivity contribution in [1.29, 1.82) is 0 Å². The van der Waals surface area contributed by atoms with E-state index in [2.05, 4.69) is 10.6 Å². The molecule has 0 heterocycles. The lowest BCUT2D eigenvalue weighted by molar-refractivity contribution is -0.137. The molecule has 7 nitrogen and oxygen atoms in total. The highest BCUT2D eigenvalue weighted by Crippen LogP contribution is 2.09. The van der Waals surface area contributed by atoms with Gasteiger partial charge in [-0.15, -0.1) is 0 Å². The van der Waals surface area contributed by atoms with Crippen LogP contribution in [0, 0.1) is 0 Å². The summed E-state index contributed by atoms with van der Waals surface area (Å²) in [4.78, 5) is 35.1. The smallest absolute Gasteiger partial charge is 0.408 e. The molecule has 1 atom stereocenters. The average molecular weight is 378 g/mol. The third-order valence-corrected chi connectivity index (χ3v) is 3.66. The van der Waals surface area contributed by atoms with E-state index in [4.69, 9.17) is 9.84 Å². The Hall–Kier alpha value is -2.57. The van der Waals surface area contributed by atoms with Gasteiger partial charge in [-0.2, -0.15) is 0 Å². The van der Waals surface area contributed by atoms with Crippen LogP contribution in [0.25, 0.3) is 0 Å². The molecule has 0 saturated heterocycles. The van der Waals surface area contributed by atoms with Crippen molar-refractivity contribution < 1.29 is 24.2 Å². The Bertz CT molecular complexity index is 611. The van der Waals surface area contributed by atoms with Gasteiger partial charge in [-0.05, 0) is 39.2 Å². The Kier molecular flexibility index (Phi) is 9.33. The second-order valence-electron chi connectivity index (χ2n) is 7.38. The summed E-state index contributed by atoms with van der Waals surface area (Å²) in [6.07, 6.45) is 1.82. The fourth-order valence-corrected chi connectivity index (χ4v) is 2.42. The van der Waals surface area contributed by atoms with Gasteiger partial charge in [0.15, 0.2) is 0 Å². The van der Waals surface area contributed by atoms with E-state index < -0.39 is 23.7 Å². The van der Waals surface area contributed by atoms with Gasteiger partial charge in [-0.1, -0.05) is 36.8 Å². The average Bonchev–Trinajstić information content (AvgIpc) is 2.56. The third kappa shape index (κ3) is 10.9. The van der Waals surface area contributed by atoms with E-state index in [1.165, 1.54) is 0 Å². The zero-order chi connectivity index (χ0) is 20.3. The minimum atomic E-state index is -0.816. The van der Waals surface area contributed by atoms with Crippen molar-refractivity contribution in [3.05, 3.63) is 35.9 Å². The highest BCUT2D eigenvalue weighted by Gasteiger charge is 2.24. The van der Waals surface area contributed by atoms with Gasteiger partial charge < -0.3 is 20.5 Å². The molecule has 2 amide bonds. The molecular formula is C20H30N2O5. The number of carbonyl (C=O) groups excluding carboxylic acids is 2. The number of hydrogen-bond donors (Lipinski definition) is 3. The van der Waals surface area contributed by atoms with Gasteiger partial charge in [0.1, 0.15) is 11.6 Å². The van der Waals surface area contributed by atoms with Crippen LogP contribution in [0.3, 0.4) is 0 Å². The minimum Gasteiger partial charge on any atom is -0.481 e. The van der Waals surface area contributed by atoms with Gasteiger partial charge in [0.2, 0.25) is 5.91 Å². The van der Waals surface area contributed by atoms with Gasteiger partial charge in [0.05, 0.1) is 0 Å². The quantitative estimate of drug-likeness (QED) is 0.543. The predicted molar refractivity (Wildman–Crippen MR) is 102 cm³/mol. The minimum absolute atomic E-state index is 0.130. The Labute approximate surface area is 160 Å². The fraction of sp³-hybridized carbons (Fsp3) is 0.550. The van der Waals surface area contributed by atoms with Crippen molar-refractivity contribution in [2.24, 2.45) is 0 Å².